The Kier molecular flexibility index (Phi) is 9.40. The number of allylic oxidation sites excluding steroid dienone is 3. The van der Waals surface area contributed by atoms with Gasteiger partial charge in [0.25, 0.3) is 5.91 Å². The quantitative estimate of drug-likeness (QED) is 0.340. The highest BCUT2D eigenvalue weighted by molar-refractivity contribution is 7.82. The Hall–Kier alpha value is -3.42. The molecule has 0 aliphatic heterocycles. The van der Waals surface area contributed by atoms with Crippen molar-refractivity contribution in [3.8, 4) is 6.07 Å². The lowest BCUT2D eigenvalue weighted by Crippen LogP contribution is -2.51. The Morgan fingerprint density at radius 1 is 1.15 bits per heavy atom. The number of carbonyl (C=O) groups excluding carboxylic acids is 1. The molecule has 2 aromatic carbocycles. The molecule has 10 heteroatoms. The Morgan fingerprint density at radius 2 is 1.85 bits per heavy atom. The zero-order valence-electron chi connectivity index (χ0n) is 23.1. The molecule has 0 radical (unpaired) electrons. The first-order valence-corrected chi connectivity index (χ1v) is 15.2. The molecule has 1 saturated carbocycles. The highest BCUT2D eigenvalue weighted by atomic mass is 32.2. The number of rotatable bonds is 8. The van der Waals surface area contributed by atoms with E-state index in [2.05, 4.69) is 17.0 Å². The molecule has 3 unspecified atom stereocenters. The van der Waals surface area contributed by atoms with Gasteiger partial charge in [-0.3, -0.25) is 4.79 Å². The van der Waals surface area contributed by atoms with Crippen LogP contribution in [0.2, 0.25) is 0 Å². The number of amides is 1. The van der Waals surface area contributed by atoms with Gasteiger partial charge in [0.05, 0.1) is 17.2 Å². The summed E-state index contributed by atoms with van der Waals surface area (Å²) in [6, 6.07) is 12.0. The van der Waals surface area contributed by atoms with Gasteiger partial charge in [-0.1, -0.05) is 56.5 Å². The minimum absolute atomic E-state index is 0.0294. The van der Waals surface area contributed by atoms with Crippen LogP contribution >= 0.6 is 0 Å². The SMILES string of the molecule is CC1CC=C(NS(C)=O)C=C1c1ccccc1CC(O)(C(=O)Nc1ccc(C#N)c(C(F)(F)F)c1)C1CCCCC1. The van der Waals surface area contributed by atoms with Crippen molar-refractivity contribution in [2.45, 2.75) is 63.6 Å². The highest BCUT2D eigenvalue weighted by Crippen LogP contribution is 2.40. The third kappa shape index (κ3) is 7.08. The summed E-state index contributed by atoms with van der Waals surface area (Å²) in [6.45, 7) is 2.07. The monoisotopic (exact) mass is 585 g/mol. The van der Waals surface area contributed by atoms with Crippen molar-refractivity contribution in [2.75, 3.05) is 11.6 Å². The van der Waals surface area contributed by atoms with Crippen LogP contribution in [0.15, 0.2) is 60.3 Å². The molecule has 0 aromatic heterocycles. The third-order valence-electron chi connectivity index (χ3n) is 7.96. The van der Waals surface area contributed by atoms with Crippen LogP contribution in [0.25, 0.3) is 5.57 Å². The van der Waals surface area contributed by atoms with E-state index in [4.69, 9.17) is 5.26 Å². The number of aliphatic hydroxyl groups is 1. The van der Waals surface area contributed by atoms with Gasteiger partial charge in [-0.05, 0) is 72.1 Å². The van der Waals surface area contributed by atoms with Crippen LogP contribution < -0.4 is 10.0 Å². The smallest absolute Gasteiger partial charge is 0.379 e. The normalized spacial score (nSPS) is 20.2. The lowest BCUT2D eigenvalue weighted by molar-refractivity contribution is -0.142. The second-order valence-electron chi connectivity index (χ2n) is 10.9. The van der Waals surface area contributed by atoms with Gasteiger partial charge >= 0.3 is 6.18 Å². The predicted octanol–water partition coefficient (Wildman–Crippen LogP) is 6.26. The van der Waals surface area contributed by atoms with Gasteiger partial charge in [0.15, 0.2) is 0 Å². The van der Waals surface area contributed by atoms with Crippen LogP contribution in [0.3, 0.4) is 0 Å². The average Bonchev–Trinajstić information content (AvgIpc) is 2.94. The molecule has 3 N–H and O–H groups in total. The summed E-state index contributed by atoms with van der Waals surface area (Å²) in [5, 5.41) is 23.8. The summed E-state index contributed by atoms with van der Waals surface area (Å²) in [5.41, 5.74) is -0.411. The highest BCUT2D eigenvalue weighted by Gasteiger charge is 2.45. The van der Waals surface area contributed by atoms with E-state index in [0.717, 1.165) is 53.8 Å². The maximum atomic E-state index is 13.8. The molecule has 3 atom stereocenters. The van der Waals surface area contributed by atoms with Gasteiger partial charge in [-0.25, -0.2) is 4.21 Å². The number of carbonyl (C=O) groups is 1. The number of hydrogen-bond acceptors (Lipinski definition) is 4. The zero-order chi connectivity index (χ0) is 29.8. The molecule has 2 aromatic rings. The molecule has 6 nitrogen and oxygen atoms in total. The second kappa shape index (κ2) is 12.6. The summed E-state index contributed by atoms with van der Waals surface area (Å²) in [5.74, 6) is -1.03. The molecule has 0 bridgehead atoms. The van der Waals surface area contributed by atoms with Crippen LogP contribution in [0.4, 0.5) is 18.9 Å². The summed E-state index contributed by atoms with van der Waals surface area (Å²) in [7, 11) is -1.25. The Balaban J connectivity index is 1.71. The maximum Gasteiger partial charge on any atom is 0.417 e. The van der Waals surface area contributed by atoms with Gasteiger partial charge in [-0.15, -0.1) is 0 Å². The van der Waals surface area contributed by atoms with Gasteiger partial charge in [0.1, 0.15) is 16.6 Å². The number of hydrogen-bond donors (Lipinski definition) is 3. The van der Waals surface area contributed by atoms with Gasteiger partial charge in [0, 0.05) is 24.1 Å². The van der Waals surface area contributed by atoms with Crippen molar-refractivity contribution in [3.63, 3.8) is 0 Å². The van der Waals surface area contributed by atoms with E-state index in [-0.39, 0.29) is 23.9 Å². The second-order valence-corrected chi connectivity index (χ2v) is 12.0. The fourth-order valence-electron chi connectivity index (χ4n) is 5.81. The van der Waals surface area contributed by atoms with E-state index >= 15 is 0 Å². The molecule has 4 rings (SSSR count). The molecule has 41 heavy (non-hydrogen) atoms. The third-order valence-corrected chi connectivity index (χ3v) is 8.48. The van der Waals surface area contributed by atoms with Crippen LogP contribution in [0.5, 0.6) is 0 Å². The molecule has 1 amide bonds. The van der Waals surface area contributed by atoms with Crippen LogP contribution in [-0.4, -0.2) is 27.1 Å². The van der Waals surface area contributed by atoms with Crippen molar-refractivity contribution in [3.05, 3.63) is 82.6 Å². The van der Waals surface area contributed by atoms with E-state index in [0.29, 0.717) is 19.3 Å². The van der Waals surface area contributed by atoms with Gasteiger partial charge in [-0.2, -0.15) is 18.4 Å². The fraction of sp³-hybridized carbons (Fsp3) is 0.419. The number of alkyl halides is 3. The Bertz CT molecular complexity index is 1420. The summed E-state index contributed by atoms with van der Waals surface area (Å²) in [6.07, 6.45) is 5.28. The average molecular weight is 586 g/mol. The van der Waals surface area contributed by atoms with Gasteiger partial charge < -0.3 is 15.1 Å². The number of nitriles is 1. The van der Waals surface area contributed by atoms with Crippen LogP contribution in [-0.2, 0) is 28.4 Å². The van der Waals surface area contributed by atoms with Crippen molar-refractivity contribution >= 4 is 28.2 Å². The molecule has 2 aliphatic rings. The summed E-state index contributed by atoms with van der Waals surface area (Å²) < 4.78 is 55.4. The maximum absolute atomic E-state index is 13.8. The lowest BCUT2D eigenvalue weighted by atomic mass is 9.72. The van der Waals surface area contributed by atoms with Crippen molar-refractivity contribution in [1.29, 1.82) is 5.26 Å². The number of anilines is 1. The first kappa shape index (κ1) is 30.5. The molecule has 0 saturated heterocycles. The van der Waals surface area contributed by atoms with E-state index < -0.39 is 39.8 Å². The minimum atomic E-state index is -4.78. The molecule has 0 heterocycles. The standard InChI is InChI=1S/C31H34F3N3O3S/c1-20-12-14-25(37-41(2)40)16-27(20)26-11-7-6-8-21(26)18-30(39,23-9-4-3-5-10-23)29(38)36-24-15-13-22(19-35)28(17-24)31(32,33)34/h6-8,11,13-17,20,23,37,39H,3-5,9-10,12,18H2,1-2H3,(H,36,38). The van der Waals surface area contributed by atoms with Crippen molar-refractivity contribution < 1.29 is 27.3 Å². The number of nitrogens with zero attached hydrogens (tertiary/aromatic N) is 1. The molecule has 2 aliphatic carbocycles. The fourth-order valence-corrected chi connectivity index (χ4v) is 6.28. The molecule has 1 fully saturated rings. The Morgan fingerprint density at radius 3 is 2.51 bits per heavy atom. The summed E-state index contributed by atoms with van der Waals surface area (Å²) in [4.78, 5) is 13.8. The largest absolute Gasteiger partial charge is 0.417 e. The summed E-state index contributed by atoms with van der Waals surface area (Å²) >= 11 is 0. The molecule has 0 spiro atoms. The van der Waals surface area contributed by atoms with E-state index in [9.17, 15) is 27.3 Å². The van der Waals surface area contributed by atoms with Crippen molar-refractivity contribution in [1.82, 2.24) is 4.72 Å². The Labute approximate surface area is 240 Å². The van der Waals surface area contributed by atoms with Crippen LogP contribution in [0.1, 0.15) is 67.7 Å². The first-order chi connectivity index (χ1) is 19.4. The lowest BCUT2D eigenvalue weighted by Gasteiger charge is -2.38. The topological polar surface area (TPSA) is 102 Å². The zero-order valence-corrected chi connectivity index (χ0v) is 23.9. The van der Waals surface area contributed by atoms with E-state index in [1.165, 1.54) is 12.1 Å². The van der Waals surface area contributed by atoms with Gasteiger partial charge in [0.2, 0.25) is 0 Å². The predicted molar refractivity (Wildman–Crippen MR) is 154 cm³/mol. The van der Waals surface area contributed by atoms with E-state index in [1.807, 2.05) is 36.4 Å². The number of nitrogens with one attached hydrogen (secondary N) is 2. The minimum Gasteiger partial charge on any atom is -0.379 e. The number of benzene rings is 2. The first-order valence-electron chi connectivity index (χ1n) is 13.7. The molecular weight excluding hydrogens is 551 g/mol. The molecule has 218 valence electrons. The number of halogens is 3. The van der Waals surface area contributed by atoms with E-state index in [1.54, 1.807) is 6.26 Å². The molecular formula is C31H34F3N3O3S. The van der Waals surface area contributed by atoms with Crippen LogP contribution in [0, 0.1) is 23.2 Å². The van der Waals surface area contributed by atoms with Crippen molar-refractivity contribution in [2.24, 2.45) is 11.8 Å².